The van der Waals surface area contributed by atoms with Crippen molar-refractivity contribution >= 4 is 11.8 Å². The molecule has 2 atom stereocenters. The van der Waals surface area contributed by atoms with Crippen molar-refractivity contribution in [3.63, 3.8) is 0 Å². The summed E-state index contributed by atoms with van der Waals surface area (Å²) in [6, 6.07) is 12.4. The average Bonchev–Trinajstić information content (AvgIpc) is 3.68. The van der Waals surface area contributed by atoms with Crippen LogP contribution in [0.5, 0.6) is 5.75 Å². The van der Waals surface area contributed by atoms with Crippen molar-refractivity contribution < 1.29 is 18.7 Å². The third-order valence-corrected chi connectivity index (χ3v) is 6.63. The van der Waals surface area contributed by atoms with Crippen LogP contribution in [0.15, 0.2) is 55.1 Å². The summed E-state index contributed by atoms with van der Waals surface area (Å²) in [5.41, 5.74) is 2.10. The van der Waals surface area contributed by atoms with Crippen LogP contribution in [0.2, 0.25) is 0 Å². The number of nitrogens with zero attached hydrogens (tertiary/aromatic N) is 2. The third kappa shape index (κ3) is 5.47. The summed E-state index contributed by atoms with van der Waals surface area (Å²) in [6.45, 7) is 8.16. The molecular formula is C27H32FN3O3. The molecule has 1 heterocycles. The van der Waals surface area contributed by atoms with E-state index in [4.69, 9.17) is 4.74 Å². The van der Waals surface area contributed by atoms with Gasteiger partial charge in [-0.05, 0) is 73.2 Å². The van der Waals surface area contributed by atoms with E-state index in [1.807, 2.05) is 24.0 Å². The van der Waals surface area contributed by atoms with Gasteiger partial charge in [0.05, 0.1) is 0 Å². The van der Waals surface area contributed by atoms with Crippen LogP contribution in [0.4, 0.5) is 4.39 Å². The molecule has 1 aliphatic heterocycles. The van der Waals surface area contributed by atoms with Crippen LogP contribution in [0.1, 0.15) is 53.3 Å². The molecule has 0 bridgehead atoms. The van der Waals surface area contributed by atoms with Crippen molar-refractivity contribution in [1.29, 1.82) is 0 Å². The molecule has 1 N–H and O–H groups in total. The quantitative estimate of drug-likeness (QED) is 0.601. The van der Waals surface area contributed by atoms with Gasteiger partial charge in [0, 0.05) is 44.8 Å². The third-order valence-electron chi connectivity index (χ3n) is 6.63. The van der Waals surface area contributed by atoms with Crippen LogP contribution < -0.4 is 10.1 Å². The molecular weight excluding hydrogens is 433 g/mol. The molecule has 180 valence electrons. The second-order valence-corrected chi connectivity index (χ2v) is 9.11. The molecule has 1 saturated carbocycles. The number of hydrogen-bond donors (Lipinski definition) is 1. The minimum absolute atomic E-state index is 0.0423. The van der Waals surface area contributed by atoms with Gasteiger partial charge in [-0.25, -0.2) is 4.39 Å². The summed E-state index contributed by atoms with van der Waals surface area (Å²) in [4.78, 5) is 28.0. The molecule has 0 unspecified atom stereocenters. The Balaban J connectivity index is 1.53. The van der Waals surface area contributed by atoms with E-state index in [9.17, 15) is 14.0 Å². The van der Waals surface area contributed by atoms with Crippen molar-refractivity contribution in [3.05, 3.63) is 77.6 Å². The Morgan fingerprint density at radius 2 is 1.94 bits per heavy atom. The SMILES string of the molecule is C=CC(=O)N1CCN(C[C@H](Oc2ccc(C(=O)NC)cc2)c2ccc(C3CC3)c(F)c2)C[C@H]1C. The first-order valence-electron chi connectivity index (χ1n) is 11.8. The van der Waals surface area contributed by atoms with E-state index in [2.05, 4.69) is 16.8 Å². The number of amides is 2. The summed E-state index contributed by atoms with van der Waals surface area (Å²) in [7, 11) is 1.59. The van der Waals surface area contributed by atoms with E-state index in [0.717, 1.165) is 24.0 Å². The number of carbonyl (C=O) groups excluding carboxylic acids is 2. The number of halogens is 1. The number of benzene rings is 2. The van der Waals surface area contributed by atoms with Gasteiger partial charge in [-0.3, -0.25) is 14.5 Å². The summed E-state index contributed by atoms with van der Waals surface area (Å²) in [5.74, 6) is 0.536. The van der Waals surface area contributed by atoms with E-state index in [0.29, 0.717) is 43.4 Å². The minimum Gasteiger partial charge on any atom is -0.484 e. The average molecular weight is 466 g/mol. The highest BCUT2D eigenvalue weighted by atomic mass is 19.1. The molecule has 1 aliphatic carbocycles. The lowest BCUT2D eigenvalue weighted by Gasteiger charge is -2.40. The maximum atomic E-state index is 14.9. The number of hydrogen-bond acceptors (Lipinski definition) is 4. The number of carbonyl (C=O) groups is 2. The molecule has 2 fully saturated rings. The number of rotatable bonds is 8. The van der Waals surface area contributed by atoms with Crippen molar-refractivity contribution in [3.8, 4) is 5.75 Å². The number of nitrogens with one attached hydrogen (secondary N) is 1. The molecule has 2 aromatic carbocycles. The Bertz CT molecular complexity index is 1050. The Hall–Kier alpha value is -3.19. The first kappa shape index (κ1) is 24.0. The van der Waals surface area contributed by atoms with E-state index in [1.54, 1.807) is 37.4 Å². The molecule has 6 nitrogen and oxygen atoms in total. The smallest absolute Gasteiger partial charge is 0.251 e. The normalized spacial score (nSPS) is 19.4. The second-order valence-electron chi connectivity index (χ2n) is 9.11. The fourth-order valence-corrected chi connectivity index (χ4v) is 4.55. The molecule has 2 aromatic rings. The zero-order valence-electron chi connectivity index (χ0n) is 19.8. The molecule has 1 saturated heterocycles. The van der Waals surface area contributed by atoms with Gasteiger partial charge >= 0.3 is 0 Å². The first-order valence-corrected chi connectivity index (χ1v) is 11.8. The van der Waals surface area contributed by atoms with Crippen LogP contribution in [-0.4, -0.2) is 60.9 Å². The topological polar surface area (TPSA) is 61.9 Å². The van der Waals surface area contributed by atoms with Crippen LogP contribution >= 0.6 is 0 Å². The Morgan fingerprint density at radius 3 is 2.53 bits per heavy atom. The van der Waals surface area contributed by atoms with Gasteiger partial charge in [-0.2, -0.15) is 0 Å². The minimum atomic E-state index is -0.400. The molecule has 0 aromatic heterocycles. The zero-order valence-corrected chi connectivity index (χ0v) is 19.8. The molecule has 2 amide bonds. The lowest BCUT2D eigenvalue weighted by molar-refractivity contribution is -0.130. The van der Waals surface area contributed by atoms with Gasteiger partial charge in [0.15, 0.2) is 0 Å². The molecule has 4 rings (SSSR count). The lowest BCUT2D eigenvalue weighted by atomic mass is 10.0. The van der Waals surface area contributed by atoms with Gasteiger partial charge in [0.2, 0.25) is 5.91 Å². The summed E-state index contributed by atoms with van der Waals surface area (Å²) in [6.07, 6.45) is 3.03. The van der Waals surface area contributed by atoms with E-state index in [1.165, 1.54) is 6.08 Å². The van der Waals surface area contributed by atoms with Crippen LogP contribution in [-0.2, 0) is 4.79 Å². The fraction of sp³-hybridized carbons (Fsp3) is 0.407. The summed E-state index contributed by atoms with van der Waals surface area (Å²) < 4.78 is 21.2. The highest BCUT2D eigenvalue weighted by molar-refractivity contribution is 5.94. The number of ether oxygens (including phenoxy) is 1. The second kappa shape index (κ2) is 10.4. The summed E-state index contributed by atoms with van der Waals surface area (Å²) >= 11 is 0. The number of piperazine rings is 1. The standard InChI is InChI=1S/C27H32FN3O3/c1-4-26(32)31-14-13-30(16-18(31)2)17-25(21-9-12-23(19-5-6-19)24(28)15-21)34-22-10-7-20(8-11-22)27(33)29-3/h4,7-12,15,18-19,25H,1,5-6,13-14,16-17H2,2-3H3,(H,29,33)/t18-,25+/m1/s1. The predicted molar refractivity (Wildman–Crippen MR) is 129 cm³/mol. The fourth-order valence-electron chi connectivity index (χ4n) is 4.55. The van der Waals surface area contributed by atoms with E-state index < -0.39 is 6.10 Å². The first-order chi connectivity index (χ1) is 16.4. The van der Waals surface area contributed by atoms with Gasteiger partial charge in [-0.1, -0.05) is 18.7 Å². The predicted octanol–water partition coefficient (Wildman–Crippen LogP) is 3.90. The summed E-state index contributed by atoms with van der Waals surface area (Å²) in [5, 5.41) is 2.60. The van der Waals surface area contributed by atoms with Gasteiger partial charge in [0.25, 0.3) is 5.91 Å². The van der Waals surface area contributed by atoms with Crippen molar-refractivity contribution in [1.82, 2.24) is 15.1 Å². The highest BCUT2D eigenvalue weighted by Crippen LogP contribution is 2.41. The maximum Gasteiger partial charge on any atom is 0.251 e. The largest absolute Gasteiger partial charge is 0.484 e. The Kier molecular flexibility index (Phi) is 7.32. The van der Waals surface area contributed by atoms with Crippen molar-refractivity contribution in [2.24, 2.45) is 0 Å². The van der Waals surface area contributed by atoms with Crippen LogP contribution in [0.25, 0.3) is 0 Å². The Morgan fingerprint density at radius 1 is 1.21 bits per heavy atom. The molecule has 7 heteroatoms. The lowest BCUT2D eigenvalue weighted by Crippen LogP contribution is -2.54. The van der Waals surface area contributed by atoms with E-state index in [-0.39, 0.29) is 23.7 Å². The molecule has 2 aliphatic rings. The Labute approximate surface area is 200 Å². The van der Waals surface area contributed by atoms with Crippen molar-refractivity contribution in [2.75, 3.05) is 33.2 Å². The van der Waals surface area contributed by atoms with Crippen LogP contribution in [0, 0.1) is 5.82 Å². The monoisotopic (exact) mass is 465 g/mol. The van der Waals surface area contributed by atoms with Crippen molar-refractivity contribution in [2.45, 2.75) is 37.8 Å². The van der Waals surface area contributed by atoms with Gasteiger partial charge < -0.3 is 15.0 Å². The molecule has 34 heavy (non-hydrogen) atoms. The zero-order chi connectivity index (χ0) is 24.2. The molecule has 0 radical (unpaired) electrons. The maximum absolute atomic E-state index is 14.9. The highest BCUT2D eigenvalue weighted by Gasteiger charge is 2.30. The van der Waals surface area contributed by atoms with Gasteiger partial charge in [0.1, 0.15) is 17.7 Å². The molecule has 0 spiro atoms. The van der Waals surface area contributed by atoms with E-state index >= 15 is 0 Å². The van der Waals surface area contributed by atoms with Crippen LogP contribution in [0.3, 0.4) is 0 Å². The van der Waals surface area contributed by atoms with Gasteiger partial charge in [-0.15, -0.1) is 0 Å².